The van der Waals surface area contributed by atoms with Gasteiger partial charge < -0.3 is 10.1 Å². The summed E-state index contributed by atoms with van der Waals surface area (Å²) in [4.78, 5) is 12.7. The number of anilines is 1. The lowest BCUT2D eigenvalue weighted by Gasteiger charge is -2.29. The van der Waals surface area contributed by atoms with Crippen LogP contribution in [0.25, 0.3) is 10.8 Å². The zero-order valence-corrected chi connectivity index (χ0v) is 19.2. The van der Waals surface area contributed by atoms with E-state index in [0.717, 1.165) is 21.3 Å². The van der Waals surface area contributed by atoms with Crippen molar-refractivity contribution in [3.8, 4) is 5.75 Å². The van der Waals surface area contributed by atoms with Crippen LogP contribution in [0.5, 0.6) is 5.75 Å². The Morgan fingerprint density at radius 1 is 1.10 bits per heavy atom. The first-order chi connectivity index (χ1) is 14.7. The van der Waals surface area contributed by atoms with Crippen LogP contribution in [0.4, 0.5) is 5.69 Å². The number of nitrogens with zero attached hydrogens (tertiary/aromatic N) is 1. The largest absolute Gasteiger partial charge is 0.492 e. The maximum Gasteiger partial charge on any atom is 0.243 e. The van der Waals surface area contributed by atoms with Crippen molar-refractivity contribution < 1.29 is 17.9 Å². The van der Waals surface area contributed by atoms with Gasteiger partial charge in [-0.15, -0.1) is 0 Å². The summed E-state index contributed by atoms with van der Waals surface area (Å²) >= 11 is 6.05. The van der Waals surface area contributed by atoms with E-state index in [1.165, 1.54) is 0 Å². The van der Waals surface area contributed by atoms with Gasteiger partial charge >= 0.3 is 0 Å². The fourth-order valence-corrected chi connectivity index (χ4v) is 4.74. The van der Waals surface area contributed by atoms with Gasteiger partial charge in [-0.05, 0) is 54.4 Å². The molecular weight excluding hydrogens is 436 g/mol. The number of hydrogen-bond donors (Lipinski definition) is 1. The number of halogens is 1. The van der Waals surface area contributed by atoms with Crippen LogP contribution in [0.1, 0.15) is 12.5 Å². The number of carbonyl (C=O) groups is 1. The number of aryl methyl sites for hydroxylation is 1. The fourth-order valence-electron chi connectivity index (χ4n) is 3.35. The maximum absolute atomic E-state index is 12.7. The van der Waals surface area contributed by atoms with Gasteiger partial charge in [0.1, 0.15) is 18.4 Å². The molecule has 1 N–H and O–H groups in total. The summed E-state index contributed by atoms with van der Waals surface area (Å²) in [6.45, 7) is 3.81. The molecule has 1 amide bonds. The summed E-state index contributed by atoms with van der Waals surface area (Å²) in [6, 6.07) is 17.7. The minimum Gasteiger partial charge on any atom is -0.492 e. The highest BCUT2D eigenvalue weighted by Gasteiger charge is 2.30. The van der Waals surface area contributed by atoms with Crippen molar-refractivity contribution in [2.45, 2.75) is 19.9 Å². The number of carbonyl (C=O) groups excluding carboxylic acids is 1. The van der Waals surface area contributed by atoms with Crippen LogP contribution in [-0.2, 0) is 14.8 Å². The predicted octanol–water partition coefficient (Wildman–Crippen LogP) is 4.15. The number of sulfonamides is 1. The van der Waals surface area contributed by atoms with Crippen molar-refractivity contribution in [1.82, 2.24) is 5.32 Å². The van der Waals surface area contributed by atoms with Crippen LogP contribution in [0, 0.1) is 6.92 Å². The third-order valence-electron chi connectivity index (χ3n) is 4.89. The van der Waals surface area contributed by atoms with Crippen LogP contribution in [0.3, 0.4) is 0 Å². The average Bonchev–Trinajstić information content (AvgIpc) is 2.72. The molecule has 0 saturated heterocycles. The third-order valence-corrected chi connectivity index (χ3v) is 6.35. The molecule has 0 bridgehead atoms. The SMILES string of the molecule is Cc1ccc(Cl)cc1N([C@@H](C)C(=O)NCCOc1ccc2ccccc2c1)S(C)(=O)=O. The standard InChI is InChI=1S/C23H25ClN2O4S/c1-16-8-10-20(24)15-22(16)26(31(3,28)29)17(2)23(27)25-12-13-30-21-11-9-18-6-4-5-7-19(18)14-21/h4-11,14-15,17H,12-13H2,1-3H3,(H,25,27)/t17-/m0/s1. The van der Waals surface area contributed by atoms with E-state index in [4.69, 9.17) is 16.3 Å². The van der Waals surface area contributed by atoms with Crippen LogP contribution in [0.15, 0.2) is 60.7 Å². The summed E-state index contributed by atoms with van der Waals surface area (Å²) in [5, 5.41) is 5.32. The zero-order chi connectivity index (χ0) is 22.6. The molecule has 0 radical (unpaired) electrons. The molecule has 1 atom stereocenters. The smallest absolute Gasteiger partial charge is 0.243 e. The van der Waals surface area contributed by atoms with E-state index >= 15 is 0 Å². The number of fused-ring (bicyclic) bond motifs is 1. The van der Waals surface area contributed by atoms with Crippen LogP contribution < -0.4 is 14.4 Å². The van der Waals surface area contributed by atoms with E-state index in [0.29, 0.717) is 22.0 Å². The van der Waals surface area contributed by atoms with Crippen molar-refractivity contribution in [2.24, 2.45) is 0 Å². The molecule has 3 aromatic carbocycles. The van der Waals surface area contributed by atoms with Gasteiger partial charge in [0.15, 0.2) is 0 Å². The van der Waals surface area contributed by atoms with Gasteiger partial charge in [-0.1, -0.05) is 48.0 Å². The van der Waals surface area contributed by atoms with Crippen molar-refractivity contribution in [3.63, 3.8) is 0 Å². The van der Waals surface area contributed by atoms with Gasteiger partial charge in [0.25, 0.3) is 0 Å². The highest BCUT2D eigenvalue weighted by atomic mass is 35.5. The van der Waals surface area contributed by atoms with Gasteiger partial charge in [-0.2, -0.15) is 0 Å². The van der Waals surface area contributed by atoms with Gasteiger partial charge in [0, 0.05) is 5.02 Å². The molecule has 0 unspecified atom stereocenters. The first kappa shape index (κ1) is 22.9. The molecule has 0 aromatic heterocycles. The molecule has 31 heavy (non-hydrogen) atoms. The van der Waals surface area contributed by atoms with Crippen molar-refractivity contribution in [2.75, 3.05) is 23.7 Å². The minimum absolute atomic E-state index is 0.238. The van der Waals surface area contributed by atoms with Crippen LogP contribution in [0.2, 0.25) is 5.02 Å². The molecule has 164 valence electrons. The highest BCUT2D eigenvalue weighted by Crippen LogP contribution is 2.28. The highest BCUT2D eigenvalue weighted by molar-refractivity contribution is 7.92. The van der Waals surface area contributed by atoms with E-state index in [1.54, 1.807) is 32.0 Å². The molecule has 0 spiro atoms. The number of benzene rings is 3. The molecule has 0 aliphatic heterocycles. The molecule has 0 aliphatic rings. The Bertz CT molecular complexity index is 1200. The van der Waals surface area contributed by atoms with Gasteiger partial charge in [-0.3, -0.25) is 9.10 Å². The molecule has 0 fully saturated rings. The van der Waals surface area contributed by atoms with Gasteiger partial charge in [0.2, 0.25) is 15.9 Å². The first-order valence-corrected chi connectivity index (χ1v) is 12.0. The van der Waals surface area contributed by atoms with E-state index in [1.807, 2.05) is 42.5 Å². The second-order valence-electron chi connectivity index (χ2n) is 7.31. The van der Waals surface area contributed by atoms with Crippen molar-refractivity contribution in [3.05, 3.63) is 71.2 Å². The lowest BCUT2D eigenvalue weighted by molar-refractivity contribution is -0.121. The van der Waals surface area contributed by atoms with E-state index < -0.39 is 22.0 Å². The minimum atomic E-state index is -3.71. The quantitative estimate of drug-likeness (QED) is 0.512. The van der Waals surface area contributed by atoms with Gasteiger partial charge in [-0.25, -0.2) is 8.42 Å². The summed E-state index contributed by atoms with van der Waals surface area (Å²) in [6.07, 6.45) is 1.07. The molecule has 3 aromatic rings. The lowest BCUT2D eigenvalue weighted by atomic mass is 10.1. The zero-order valence-electron chi connectivity index (χ0n) is 17.6. The number of ether oxygens (including phenoxy) is 1. The summed E-state index contributed by atoms with van der Waals surface area (Å²) in [5.74, 6) is 0.278. The number of amides is 1. The Morgan fingerprint density at radius 2 is 1.81 bits per heavy atom. The van der Waals surface area contributed by atoms with Crippen molar-refractivity contribution >= 4 is 44.0 Å². The topological polar surface area (TPSA) is 75.7 Å². The lowest BCUT2D eigenvalue weighted by Crippen LogP contribution is -2.48. The Hall–Kier alpha value is -2.77. The first-order valence-electron chi connectivity index (χ1n) is 9.81. The Kier molecular flexibility index (Phi) is 7.08. The predicted molar refractivity (Wildman–Crippen MR) is 125 cm³/mol. The molecule has 0 heterocycles. The summed E-state index contributed by atoms with van der Waals surface area (Å²) in [7, 11) is -3.71. The Labute approximate surface area is 187 Å². The number of rotatable bonds is 8. The van der Waals surface area contributed by atoms with E-state index in [2.05, 4.69) is 5.32 Å². The summed E-state index contributed by atoms with van der Waals surface area (Å²) in [5.41, 5.74) is 1.08. The summed E-state index contributed by atoms with van der Waals surface area (Å²) < 4.78 is 31.7. The normalized spacial score (nSPS) is 12.4. The van der Waals surface area contributed by atoms with E-state index in [-0.39, 0.29) is 13.2 Å². The fraction of sp³-hybridized carbons (Fsp3) is 0.261. The second kappa shape index (κ2) is 9.58. The molecule has 8 heteroatoms. The Morgan fingerprint density at radius 3 is 2.52 bits per heavy atom. The monoisotopic (exact) mass is 460 g/mol. The van der Waals surface area contributed by atoms with Crippen LogP contribution >= 0.6 is 11.6 Å². The molecular formula is C23H25ClN2O4S. The molecule has 3 rings (SSSR count). The average molecular weight is 461 g/mol. The molecule has 0 saturated carbocycles. The van der Waals surface area contributed by atoms with Crippen LogP contribution in [-0.4, -0.2) is 39.8 Å². The maximum atomic E-state index is 12.7. The number of nitrogens with one attached hydrogen (secondary N) is 1. The molecule has 6 nitrogen and oxygen atoms in total. The number of hydrogen-bond acceptors (Lipinski definition) is 4. The van der Waals surface area contributed by atoms with E-state index in [9.17, 15) is 13.2 Å². The van der Waals surface area contributed by atoms with Crippen molar-refractivity contribution in [1.29, 1.82) is 0 Å². The Balaban J connectivity index is 1.63. The molecule has 0 aliphatic carbocycles. The third kappa shape index (κ3) is 5.68. The second-order valence-corrected chi connectivity index (χ2v) is 9.61. The van der Waals surface area contributed by atoms with Gasteiger partial charge in [0.05, 0.1) is 18.5 Å².